The molecule has 0 saturated heterocycles. The normalized spacial score (nSPS) is 11.8. The molecular formula is C11H16O2S. The molecule has 0 aliphatic heterocycles. The maximum Gasteiger partial charge on any atom is 0.134 e. The Kier molecular flexibility index (Phi) is 3.12. The predicted octanol–water partition coefficient (Wildman–Crippen LogP) is 2.47. The molecule has 1 aromatic carbocycles. The minimum Gasteiger partial charge on any atom is -0.506 e. The number of hydrogen-bond donors (Lipinski definition) is 3. The fourth-order valence-corrected chi connectivity index (χ4v) is 1.51. The van der Waals surface area contributed by atoms with Crippen LogP contribution in [0.1, 0.15) is 31.9 Å². The van der Waals surface area contributed by atoms with E-state index in [2.05, 4.69) is 33.4 Å². The van der Waals surface area contributed by atoms with Crippen molar-refractivity contribution in [3.05, 3.63) is 23.3 Å². The van der Waals surface area contributed by atoms with Gasteiger partial charge in [-0.1, -0.05) is 20.8 Å². The van der Waals surface area contributed by atoms with Crippen LogP contribution < -0.4 is 0 Å². The molecule has 0 fully saturated rings. The lowest BCUT2D eigenvalue weighted by Crippen LogP contribution is -2.11. The summed E-state index contributed by atoms with van der Waals surface area (Å²) >= 11 is 4.16. The highest BCUT2D eigenvalue weighted by atomic mass is 32.1. The molecule has 0 saturated carbocycles. The molecule has 0 amide bonds. The molecule has 1 aromatic rings. The first-order valence-corrected chi connectivity index (χ1v) is 4.97. The average Bonchev–Trinajstić information content (AvgIpc) is 2.07. The van der Waals surface area contributed by atoms with Gasteiger partial charge < -0.3 is 10.2 Å². The van der Waals surface area contributed by atoms with E-state index in [1.54, 1.807) is 0 Å². The Morgan fingerprint density at radius 2 is 1.86 bits per heavy atom. The summed E-state index contributed by atoms with van der Waals surface area (Å²) in [6.07, 6.45) is 0. The molecule has 1 rings (SSSR count). The van der Waals surface area contributed by atoms with Crippen molar-refractivity contribution in [2.75, 3.05) is 0 Å². The van der Waals surface area contributed by atoms with Crippen LogP contribution in [-0.2, 0) is 12.0 Å². The molecule has 0 radical (unpaired) electrons. The zero-order chi connectivity index (χ0) is 10.9. The van der Waals surface area contributed by atoms with Gasteiger partial charge in [-0.2, -0.15) is 0 Å². The summed E-state index contributed by atoms with van der Waals surface area (Å²) in [6.45, 7) is 6.07. The van der Waals surface area contributed by atoms with E-state index >= 15 is 0 Å². The van der Waals surface area contributed by atoms with E-state index in [9.17, 15) is 5.11 Å². The summed E-state index contributed by atoms with van der Waals surface area (Å²) in [5.74, 6) is 0.0730. The second-order valence-electron chi connectivity index (χ2n) is 4.41. The van der Waals surface area contributed by atoms with Crippen LogP contribution in [0.3, 0.4) is 0 Å². The van der Waals surface area contributed by atoms with Crippen molar-refractivity contribution in [1.29, 1.82) is 0 Å². The first kappa shape index (κ1) is 11.4. The van der Waals surface area contributed by atoms with Gasteiger partial charge in [-0.25, -0.2) is 0 Å². The summed E-state index contributed by atoms with van der Waals surface area (Å²) in [5, 5.41) is 18.6. The number of aromatic hydroxyl groups is 1. The summed E-state index contributed by atoms with van der Waals surface area (Å²) in [6, 6.07) is 3.65. The Bertz CT molecular complexity index is 340. The first-order valence-electron chi connectivity index (χ1n) is 4.52. The van der Waals surface area contributed by atoms with Crippen LogP contribution in [0, 0.1) is 0 Å². The smallest absolute Gasteiger partial charge is 0.134 e. The van der Waals surface area contributed by atoms with E-state index in [0.29, 0.717) is 10.5 Å². The van der Waals surface area contributed by atoms with Crippen molar-refractivity contribution in [3.63, 3.8) is 0 Å². The number of thiol groups is 1. The van der Waals surface area contributed by atoms with Gasteiger partial charge in [-0.3, -0.25) is 0 Å². The zero-order valence-corrected chi connectivity index (χ0v) is 9.60. The van der Waals surface area contributed by atoms with E-state index in [1.807, 2.05) is 12.1 Å². The second-order valence-corrected chi connectivity index (χ2v) is 4.89. The van der Waals surface area contributed by atoms with Crippen LogP contribution in [0.4, 0.5) is 0 Å². The molecule has 0 aliphatic rings. The van der Waals surface area contributed by atoms with Crippen LogP contribution in [0.5, 0.6) is 5.75 Å². The van der Waals surface area contributed by atoms with E-state index in [-0.39, 0.29) is 17.8 Å². The van der Waals surface area contributed by atoms with Gasteiger partial charge in [0.05, 0.1) is 6.61 Å². The number of aliphatic hydroxyl groups excluding tert-OH is 1. The van der Waals surface area contributed by atoms with Gasteiger partial charge in [-0.15, -0.1) is 12.6 Å². The minimum absolute atomic E-state index is 0.00486. The summed E-state index contributed by atoms with van der Waals surface area (Å²) in [4.78, 5) is 0.515. The topological polar surface area (TPSA) is 40.5 Å². The third-order valence-electron chi connectivity index (χ3n) is 2.21. The molecule has 0 heterocycles. The fourth-order valence-electron chi connectivity index (χ4n) is 1.23. The molecular weight excluding hydrogens is 196 g/mol. The summed E-state index contributed by atoms with van der Waals surface area (Å²) in [5.41, 5.74) is 1.58. The minimum atomic E-state index is -0.163. The predicted molar refractivity (Wildman–Crippen MR) is 60.0 cm³/mol. The van der Waals surface area contributed by atoms with E-state index in [0.717, 1.165) is 5.56 Å². The summed E-state index contributed by atoms with van der Waals surface area (Å²) in [7, 11) is 0. The molecule has 0 atom stereocenters. The fraction of sp³-hybridized carbons (Fsp3) is 0.455. The average molecular weight is 212 g/mol. The Morgan fingerprint density at radius 3 is 2.29 bits per heavy atom. The van der Waals surface area contributed by atoms with Gasteiger partial charge in [-0.05, 0) is 23.1 Å². The van der Waals surface area contributed by atoms with Gasteiger partial charge in [0.25, 0.3) is 0 Å². The maximum absolute atomic E-state index is 9.55. The molecule has 78 valence electrons. The molecule has 0 spiro atoms. The summed E-state index contributed by atoms with van der Waals surface area (Å²) < 4.78 is 0. The SMILES string of the molecule is CC(C)(C)c1cc(S)c(O)c(CO)c1. The standard InChI is InChI=1S/C11H16O2S/c1-11(2,3)8-4-7(6-12)10(13)9(14)5-8/h4-5,12-14H,6H2,1-3H3. The molecule has 2 nitrogen and oxygen atoms in total. The monoisotopic (exact) mass is 212 g/mol. The largest absolute Gasteiger partial charge is 0.506 e. The molecule has 0 bridgehead atoms. The zero-order valence-electron chi connectivity index (χ0n) is 8.70. The van der Waals surface area contributed by atoms with Gasteiger partial charge in [0.1, 0.15) is 5.75 Å². The lowest BCUT2D eigenvalue weighted by atomic mass is 9.86. The van der Waals surface area contributed by atoms with Gasteiger partial charge >= 0.3 is 0 Å². The molecule has 14 heavy (non-hydrogen) atoms. The van der Waals surface area contributed by atoms with E-state index in [4.69, 9.17) is 5.11 Å². The number of hydrogen-bond acceptors (Lipinski definition) is 3. The number of aliphatic hydroxyl groups is 1. The van der Waals surface area contributed by atoms with Crippen LogP contribution in [-0.4, -0.2) is 10.2 Å². The van der Waals surface area contributed by atoms with Crippen molar-refractivity contribution in [3.8, 4) is 5.75 Å². The van der Waals surface area contributed by atoms with Crippen LogP contribution in [0.15, 0.2) is 17.0 Å². The first-order chi connectivity index (χ1) is 6.36. The second kappa shape index (κ2) is 3.83. The Hall–Kier alpha value is -0.670. The van der Waals surface area contributed by atoms with Gasteiger partial charge in [0.15, 0.2) is 0 Å². The third-order valence-corrected chi connectivity index (χ3v) is 2.55. The van der Waals surface area contributed by atoms with Crippen LogP contribution >= 0.6 is 12.6 Å². The highest BCUT2D eigenvalue weighted by molar-refractivity contribution is 7.80. The number of benzene rings is 1. The van der Waals surface area contributed by atoms with E-state index < -0.39 is 0 Å². The van der Waals surface area contributed by atoms with Crippen molar-refractivity contribution in [2.24, 2.45) is 0 Å². The van der Waals surface area contributed by atoms with Crippen LogP contribution in [0.2, 0.25) is 0 Å². The highest BCUT2D eigenvalue weighted by Gasteiger charge is 2.17. The lowest BCUT2D eigenvalue weighted by molar-refractivity contribution is 0.274. The van der Waals surface area contributed by atoms with Crippen molar-refractivity contribution in [2.45, 2.75) is 37.7 Å². The third kappa shape index (κ3) is 2.22. The molecule has 3 heteroatoms. The molecule has 2 N–H and O–H groups in total. The van der Waals surface area contributed by atoms with Crippen molar-refractivity contribution < 1.29 is 10.2 Å². The van der Waals surface area contributed by atoms with E-state index in [1.165, 1.54) is 0 Å². The maximum atomic E-state index is 9.55. The molecule has 0 aromatic heterocycles. The van der Waals surface area contributed by atoms with Crippen molar-refractivity contribution >= 4 is 12.6 Å². The molecule has 0 aliphatic carbocycles. The van der Waals surface area contributed by atoms with Crippen molar-refractivity contribution in [1.82, 2.24) is 0 Å². The van der Waals surface area contributed by atoms with Gasteiger partial charge in [0, 0.05) is 10.5 Å². The molecule has 0 unspecified atom stereocenters. The van der Waals surface area contributed by atoms with Crippen LogP contribution in [0.25, 0.3) is 0 Å². The van der Waals surface area contributed by atoms with Gasteiger partial charge in [0.2, 0.25) is 0 Å². The Labute approximate surface area is 90.0 Å². The Morgan fingerprint density at radius 1 is 1.29 bits per heavy atom. The highest BCUT2D eigenvalue weighted by Crippen LogP contribution is 2.32. The number of phenols is 1. The Balaban J connectivity index is 3.30. The number of rotatable bonds is 1. The lowest BCUT2D eigenvalue weighted by Gasteiger charge is -2.21. The quantitative estimate of drug-likeness (QED) is 0.626.